The van der Waals surface area contributed by atoms with Gasteiger partial charge in [-0.15, -0.1) is 0 Å². The van der Waals surface area contributed by atoms with Gasteiger partial charge in [-0.25, -0.2) is 4.79 Å². The Labute approximate surface area is 97.3 Å². The topological polar surface area (TPSA) is 61.5 Å². The van der Waals surface area contributed by atoms with E-state index in [2.05, 4.69) is 4.74 Å². The number of nitrogens with two attached hydrogens (primary N) is 1. The second kappa shape index (κ2) is 5.47. The molecule has 1 rings (SSSR count). The van der Waals surface area contributed by atoms with E-state index in [0.717, 1.165) is 0 Å². The molecular weight excluding hydrogens is 232 g/mol. The Hall–Kier alpha value is -1.85. The van der Waals surface area contributed by atoms with Gasteiger partial charge in [0.15, 0.2) is 0 Å². The predicted octanol–water partition coefficient (Wildman–Crippen LogP) is 2.36. The summed E-state index contributed by atoms with van der Waals surface area (Å²) in [6, 6.07) is 2.49. The number of rotatable bonds is 4. The number of carbonyl (C=O) groups excluding carboxylic acids is 1. The first kappa shape index (κ1) is 13.2. The van der Waals surface area contributed by atoms with Crippen LogP contribution >= 0.6 is 0 Å². The minimum atomic E-state index is -2.93. The zero-order chi connectivity index (χ0) is 13.0. The molecule has 0 unspecified atom stereocenters. The van der Waals surface area contributed by atoms with Crippen molar-refractivity contribution < 1.29 is 23.0 Å². The molecule has 0 spiro atoms. The summed E-state index contributed by atoms with van der Waals surface area (Å²) in [6.07, 6.45) is 0. The highest BCUT2D eigenvalue weighted by atomic mass is 19.3. The maximum absolute atomic E-state index is 12.0. The van der Waals surface area contributed by atoms with Gasteiger partial charge in [-0.05, 0) is 25.5 Å². The molecule has 0 aromatic heterocycles. The first-order chi connectivity index (χ1) is 7.95. The average molecular weight is 245 g/mol. The van der Waals surface area contributed by atoms with Gasteiger partial charge in [0.2, 0.25) is 0 Å². The highest BCUT2D eigenvalue weighted by molar-refractivity contribution is 5.97. The monoisotopic (exact) mass is 245 g/mol. The molecule has 0 radical (unpaired) electrons. The van der Waals surface area contributed by atoms with Crippen LogP contribution in [0.4, 0.5) is 14.5 Å². The molecule has 0 amide bonds. The molecule has 0 atom stereocenters. The van der Waals surface area contributed by atoms with Crippen LogP contribution in [0.3, 0.4) is 0 Å². The number of ether oxygens (including phenoxy) is 2. The maximum atomic E-state index is 12.0. The second-order valence-electron chi connectivity index (χ2n) is 3.30. The van der Waals surface area contributed by atoms with Crippen molar-refractivity contribution in [3.8, 4) is 5.75 Å². The van der Waals surface area contributed by atoms with E-state index in [4.69, 9.17) is 10.5 Å². The number of halogens is 2. The molecule has 0 aliphatic heterocycles. The van der Waals surface area contributed by atoms with E-state index < -0.39 is 12.6 Å². The minimum Gasteiger partial charge on any atom is -0.462 e. The van der Waals surface area contributed by atoms with Crippen LogP contribution in [0, 0.1) is 6.92 Å². The first-order valence-corrected chi connectivity index (χ1v) is 4.97. The number of hydrogen-bond acceptors (Lipinski definition) is 4. The van der Waals surface area contributed by atoms with E-state index in [9.17, 15) is 13.6 Å². The summed E-state index contributed by atoms with van der Waals surface area (Å²) in [4.78, 5) is 11.5. The Balaban J connectivity index is 3.06. The largest absolute Gasteiger partial charge is 0.462 e. The molecular formula is C11H13F2NO3. The number of carbonyl (C=O) groups is 1. The van der Waals surface area contributed by atoms with Gasteiger partial charge in [0.1, 0.15) is 5.75 Å². The molecule has 0 aliphatic carbocycles. The summed E-state index contributed by atoms with van der Waals surface area (Å²) in [6.45, 7) is 0.522. The van der Waals surface area contributed by atoms with E-state index >= 15 is 0 Å². The van der Waals surface area contributed by atoms with Crippen molar-refractivity contribution in [2.75, 3.05) is 12.3 Å². The Morgan fingerprint density at radius 3 is 2.59 bits per heavy atom. The third kappa shape index (κ3) is 3.30. The lowest BCUT2D eigenvalue weighted by Crippen LogP contribution is -2.11. The van der Waals surface area contributed by atoms with Gasteiger partial charge in [0, 0.05) is 6.07 Å². The molecule has 6 heteroatoms. The standard InChI is InChI=1S/C11H13F2NO3/c1-3-16-10(15)9-6(2)4-7(5-8(9)14)17-11(12)13/h4-5,11H,3,14H2,1-2H3. The zero-order valence-electron chi connectivity index (χ0n) is 9.50. The van der Waals surface area contributed by atoms with Crippen LogP contribution in [0.5, 0.6) is 5.75 Å². The van der Waals surface area contributed by atoms with Crippen LogP contribution in [0.2, 0.25) is 0 Å². The maximum Gasteiger partial charge on any atom is 0.387 e. The van der Waals surface area contributed by atoms with Crippen molar-refractivity contribution in [3.05, 3.63) is 23.3 Å². The van der Waals surface area contributed by atoms with Gasteiger partial charge in [-0.3, -0.25) is 0 Å². The molecule has 1 aromatic rings. The van der Waals surface area contributed by atoms with E-state index in [0.29, 0.717) is 5.56 Å². The van der Waals surface area contributed by atoms with Crippen LogP contribution < -0.4 is 10.5 Å². The molecule has 4 nitrogen and oxygen atoms in total. The summed E-state index contributed by atoms with van der Waals surface area (Å²) in [5, 5.41) is 0. The number of benzene rings is 1. The quantitative estimate of drug-likeness (QED) is 0.653. The lowest BCUT2D eigenvalue weighted by atomic mass is 10.1. The molecule has 0 bridgehead atoms. The normalized spacial score (nSPS) is 10.4. The number of esters is 1. The van der Waals surface area contributed by atoms with Crippen molar-refractivity contribution in [1.29, 1.82) is 0 Å². The van der Waals surface area contributed by atoms with Gasteiger partial charge in [0.25, 0.3) is 0 Å². The number of alkyl halides is 2. The number of anilines is 1. The molecule has 0 aliphatic rings. The van der Waals surface area contributed by atoms with E-state index in [1.54, 1.807) is 13.8 Å². The van der Waals surface area contributed by atoms with E-state index in [1.165, 1.54) is 12.1 Å². The fourth-order valence-electron chi connectivity index (χ4n) is 1.43. The lowest BCUT2D eigenvalue weighted by molar-refractivity contribution is -0.0498. The fourth-order valence-corrected chi connectivity index (χ4v) is 1.43. The molecule has 0 saturated heterocycles. The molecule has 0 fully saturated rings. The fraction of sp³-hybridized carbons (Fsp3) is 0.364. The molecule has 0 saturated carbocycles. The van der Waals surface area contributed by atoms with Crippen molar-refractivity contribution in [2.45, 2.75) is 20.5 Å². The smallest absolute Gasteiger partial charge is 0.387 e. The number of hydrogen-bond donors (Lipinski definition) is 1. The minimum absolute atomic E-state index is 0.0547. The van der Waals surface area contributed by atoms with Gasteiger partial charge in [0.05, 0.1) is 17.9 Å². The van der Waals surface area contributed by atoms with Gasteiger partial charge >= 0.3 is 12.6 Å². The highest BCUT2D eigenvalue weighted by Gasteiger charge is 2.16. The van der Waals surface area contributed by atoms with Gasteiger partial charge in [-0.2, -0.15) is 8.78 Å². The Kier molecular flexibility index (Phi) is 4.25. The molecule has 17 heavy (non-hydrogen) atoms. The molecule has 1 aromatic carbocycles. The third-order valence-electron chi connectivity index (χ3n) is 2.04. The third-order valence-corrected chi connectivity index (χ3v) is 2.04. The Morgan fingerprint density at radius 2 is 2.12 bits per heavy atom. The van der Waals surface area contributed by atoms with E-state index in [-0.39, 0.29) is 23.6 Å². The second-order valence-corrected chi connectivity index (χ2v) is 3.30. The van der Waals surface area contributed by atoms with Crippen LogP contribution in [0.1, 0.15) is 22.8 Å². The molecule has 2 N–H and O–H groups in total. The van der Waals surface area contributed by atoms with E-state index in [1.807, 2.05) is 0 Å². The van der Waals surface area contributed by atoms with Crippen LogP contribution in [0.15, 0.2) is 12.1 Å². The van der Waals surface area contributed by atoms with Crippen molar-refractivity contribution >= 4 is 11.7 Å². The van der Waals surface area contributed by atoms with Gasteiger partial charge < -0.3 is 15.2 Å². The van der Waals surface area contributed by atoms with Crippen LogP contribution in [-0.2, 0) is 4.74 Å². The summed E-state index contributed by atoms with van der Waals surface area (Å²) >= 11 is 0. The van der Waals surface area contributed by atoms with Gasteiger partial charge in [-0.1, -0.05) is 0 Å². The lowest BCUT2D eigenvalue weighted by Gasteiger charge is -2.11. The van der Waals surface area contributed by atoms with Crippen molar-refractivity contribution in [1.82, 2.24) is 0 Å². The van der Waals surface area contributed by atoms with Crippen molar-refractivity contribution in [3.63, 3.8) is 0 Å². The SMILES string of the molecule is CCOC(=O)c1c(C)cc(OC(F)F)cc1N. The number of nitrogen functional groups attached to an aromatic ring is 1. The summed E-state index contributed by atoms with van der Waals surface area (Å²) < 4.78 is 33.0. The number of aryl methyl sites for hydroxylation is 1. The highest BCUT2D eigenvalue weighted by Crippen LogP contribution is 2.26. The predicted molar refractivity (Wildman–Crippen MR) is 58.2 cm³/mol. The summed E-state index contributed by atoms with van der Waals surface area (Å²) in [5.41, 5.74) is 6.26. The van der Waals surface area contributed by atoms with Crippen LogP contribution in [0.25, 0.3) is 0 Å². The Bertz CT molecular complexity index is 398. The zero-order valence-corrected chi connectivity index (χ0v) is 9.50. The van der Waals surface area contributed by atoms with Crippen LogP contribution in [-0.4, -0.2) is 19.2 Å². The van der Waals surface area contributed by atoms with Crippen molar-refractivity contribution in [2.24, 2.45) is 0 Å². The first-order valence-electron chi connectivity index (χ1n) is 4.97. The summed E-state index contributed by atoms with van der Waals surface area (Å²) in [7, 11) is 0. The Morgan fingerprint density at radius 1 is 1.47 bits per heavy atom. The average Bonchev–Trinajstić information content (AvgIpc) is 2.15. The summed E-state index contributed by atoms with van der Waals surface area (Å²) in [5.74, 6) is -0.658. The molecule has 94 valence electrons. The molecule has 0 heterocycles.